The van der Waals surface area contributed by atoms with Gasteiger partial charge in [0.2, 0.25) is 0 Å². The number of carbonyl (C=O) groups is 1. The summed E-state index contributed by atoms with van der Waals surface area (Å²) in [7, 11) is 1.91. The van der Waals surface area contributed by atoms with Crippen molar-refractivity contribution in [3.63, 3.8) is 0 Å². The second-order valence-electron chi connectivity index (χ2n) is 7.77. The van der Waals surface area contributed by atoms with Crippen molar-refractivity contribution in [2.75, 3.05) is 26.7 Å². The summed E-state index contributed by atoms with van der Waals surface area (Å²) in [6.45, 7) is 3.14. The molecule has 160 valence electrons. The Kier molecular flexibility index (Phi) is 5.11. The number of hydrogen-bond donors (Lipinski definition) is 2. The Labute approximate surface area is 174 Å². The SMILES string of the molecule is Cc1nn(-c2cccc(C(F)(F)F)c2)c2sc(C(=O)NCC3(O)CCN(C)C3)cc12. The molecule has 2 aromatic heterocycles. The summed E-state index contributed by atoms with van der Waals surface area (Å²) < 4.78 is 40.7. The zero-order valence-corrected chi connectivity index (χ0v) is 17.3. The van der Waals surface area contributed by atoms with Gasteiger partial charge in [-0.25, -0.2) is 4.68 Å². The average molecular weight is 438 g/mol. The molecule has 1 amide bonds. The lowest BCUT2D eigenvalue weighted by Crippen LogP contribution is -2.44. The van der Waals surface area contributed by atoms with Gasteiger partial charge in [-0.05, 0) is 44.7 Å². The summed E-state index contributed by atoms with van der Waals surface area (Å²) in [5.74, 6) is -0.325. The van der Waals surface area contributed by atoms with Crippen LogP contribution in [-0.2, 0) is 6.18 Å². The summed E-state index contributed by atoms with van der Waals surface area (Å²) in [4.78, 5) is 15.6. The molecule has 4 rings (SSSR count). The Hall–Kier alpha value is -2.43. The van der Waals surface area contributed by atoms with Gasteiger partial charge in [-0.1, -0.05) is 6.07 Å². The van der Waals surface area contributed by atoms with Crippen LogP contribution >= 0.6 is 11.3 Å². The third-order valence-electron chi connectivity index (χ3n) is 5.29. The van der Waals surface area contributed by atoms with Gasteiger partial charge in [0.15, 0.2) is 0 Å². The van der Waals surface area contributed by atoms with E-state index < -0.39 is 17.3 Å². The van der Waals surface area contributed by atoms with Crippen LogP contribution in [0.15, 0.2) is 30.3 Å². The number of rotatable bonds is 4. The largest absolute Gasteiger partial charge is 0.416 e. The van der Waals surface area contributed by atoms with E-state index in [-0.39, 0.29) is 18.1 Å². The first-order valence-corrected chi connectivity index (χ1v) is 10.2. The molecule has 0 bridgehead atoms. The van der Waals surface area contributed by atoms with E-state index in [1.807, 2.05) is 11.9 Å². The van der Waals surface area contributed by atoms with Gasteiger partial charge in [0.05, 0.1) is 27.4 Å². The Morgan fingerprint density at radius 3 is 2.80 bits per heavy atom. The molecule has 1 atom stereocenters. The number of aryl methyl sites for hydroxylation is 1. The van der Waals surface area contributed by atoms with Crippen LogP contribution in [0.25, 0.3) is 15.9 Å². The first-order valence-electron chi connectivity index (χ1n) is 9.42. The van der Waals surface area contributed by atoms with Crippen molar-refractivity contribution < 1.29 is 23.1 Å². The summed E-state index contributed by atoms with van der Waals surface area (Å²) in [5, 5.41) is 18.4. The molecule has 30 heavy (non-hydrogen) atoms. The quantitative estimate of drug-likeness (QED) is 0.656. The highest BCUT2D eigenvalue weighted by Crippen LogP contribution is 2.33. The Morgan fingerprint density at radius 1 is 1.37 bits per heavy atom. The first kappa shape index (κ1) is 20.8. The second-order valence-corrected chi connectivity index (χ2v) is 8.80. The molecule has 0 spiro atoms. The molecule has 3 heterocycles. The average Bonchev–Trinajstić information content (AvgIpc) is 3.35. The second kappa shape index (κ2) is 7.36. The molecule has 1 aliphatic heterocycles. The molecule has 0 aliphatic carbocycles. The maximum Gasteiger partial charge on any atom is 0.416 e. The number of β-amino-alcohol motifs (C(OH)–C–C–N with tert-alkyl or cyclic N) is 1. The van der Waals surface area contributed by atoms with Crippen molar-refractivity contribution in [2.45, 2.75) is 25.1 Å². The molecular formula is C20H21F3N4O2S. The third-order valence-corrected chi connectivity index (χ3v) is 6.40. The maximum absolute atomic E-state index is 13.1. The summed E-state index contributed by atoms with van der Waals surface area (Å²) in [5.41, 5.74) is -0.814. The fraction of sp³-hybridized carbons (Fsp3) is 0.400. The molecule has 1 saturated heterocycles. The van der Waals surface area contributed by atoms with E-state index in [0.717, 1.165) is 30.0 Å². The monoisotopic (exact) mass is 438 g/mol. The third kappa shape index (κ3) is 3.94. The molecule has 1 fully saturated rings. The Bertz CT molecular complexity index is 1110. The van der Waals surface area contributed by atoms with Gasteiger partial charge < -0.3 is 15.3 Å². The van der Waals surface area contributed by atoms with E-state index in [9.17, 15) is 23.1 Å². The molecule has 3 aromatic rings. The number of halogens is 3. The van der Waals surface area contributed by atoms with Crippen molar-refractivity contribution in [3.05, 3.63) is 46.5 Å². The van der Waals surface area contributed by atoms with Crippen LogP contribution in [0.1, 0.15) is 27.3 Å². The minimum atomic E-state index is -4.45. The Balaban J connectivity index is 1.60. The predicted octanol–water partition coefficient (Wildman–Crippen LogP) is 3.21. The van der Waals surface area contributed by atoms with Crippen LogP contribution in [0.5, 0.6) is 0 Å². The Morgan fingerprint density at radius 2 is 2.13 bits per heavy atom. The molecule has 0 saturated carbocycles. The van der Waals surface area contributed by atoms with Gasteiger partial charge in [0.25, 0.3) is 5.91 Å². The van der Waals surface area contributed by atoms with Crippen LogP contribution in [0.4, 0.5) is 13.2 Å². The fourth-order valence-corrected chi connectivity index (χ4v) is 4.78. The number of amides is 1. The van der Waals surface area contributed by atoms with Gasteiger partial charge in [-0.3, -0.25) is 4.79 Å². The number of fused-ring (bicyclic) bond motifs is 1. The van der Waals surface area contributed by atoms with E-state index in [1.54, 1.807) is 19.1 Å². The minimum Gasteiger partial charge on any atom is -0.387 e. The van der Waals surface area contributed by atoms with Gasteiger partial charge in [0.1, 0.15) is 4.83 Å². The van der Waals surface area contributed by atoms with Crippen molar-refractivity contribution >= 4 is 27.5 Å². The standard InChI is InChI=1S/C20H21F3N4O2S/c1-12-15-9-16(17(28)24-10-19(29)6-7-26(2)11-19)30-18(15)27(25-12)14-5-3-4-13(8-14)20(21,22)23/h3-5,8-9,29H,6-7,10-11H2,1-2H3,(H,24,28). The highest BCUT2D eigenvalue weighted by atomic mass is 32.1. The number of aromatic nitrogens is 2. The molecule has 10 heteroatoms. The number of benzene rings is 1. The fourth-order valence-electron chi connectivity index (χ4n) is 3.68. The number of nitrogens with zero attached hydrogens (tertiary/aromatic N) is 3. The lowest BCUT2D eigenvalue weighted by molar-refractivity contribution is -0.137. The minimum absolute atomic E-state index is 0.142. The summed E-state index contributed by atoms with van der Waals surface area (Å²) in [6, 6.07) is 6.62. The van der Waals surface area contributed by atoms with E-state index >= 15 is 0 Å². The maximum atomic E-state index is 13.1. The van der Waals surface area contributed by atoms with Gasteiger partial charge >= 0.3 is 6.18 Å². The number of thiophene rings is 1. The van der Waals surface area contributed by atoms with Crippen molar-refractivity contribution in [3.8, 4) is 5.69 Å². The van der Waals surface area contributed by atoms with Crippen LogP contribution in [0, 0.1) is 6.92 Å². The van der Waals surface area contributed by atoms with E-state index in [4.69, 9.17) is 0 Å². The van der Waals surface area contributed by atoms with Crippen LogP contribution in [0.3, 0.4) is 0 Å². The van der Waals surface area contributed by atoms with Gasteiger partial charge in [0, 0.05) is 25.0 Å². The molecule has 1 aromatic carbocycles. The molecule has 2 N–H and O–H groups in total. The summed E-state index contributed by atoms with van der Waals surface area (Å²) in [6.07, 6.45) is -3.87. The molecule has 1 unspecified atom stereocenters. The topological polar surface area (TPSA) is 70.4 Å². The molecular weight excluding hydrogens is 417 g/mol. The normalized spacial score (nSPS) is 20.2. The van der Waals surface area contributed by atoms with E-state index in [1.165, 1.54) is 10.7 Å². The smallest absolute Gasteiger partial charge is 0.387 e. The van der Waals surface area contributed by atoms with Crippen LogP contribution in [-0.4, -0.2) is 58.0 Å². The lowest BCUT2D eigenvalue weighted by Gasteiger charge is -2.22. The first-order chi connectivity index (χ1) is 14.1. The van der Waals surface area contributed by atoms with E-state index in [0.29, 0.717) is 33.8 Å². The van der Waals surface area contributed by atoms with Crippen LogP contribution in [0.2, 0.25) is 0 Å². The van der Waals surface area contributed by atoms with Crippen molar-refractivity contribution in [1.29, 1.82) is 0 Å². The number of likely N-dealkylation sites (N-methyl/N-ethyl adjacent to an activating group) is 1. The highest BCUT2D eigenvalue weighted by molar-refractivity contribution is 7.20. The number of alkyl halides is 3. The zero-order chi connectivity index (χ0) is 21.7. The number of aliphatic hydroxyl groups is 1. The lowest BCUT2D eigenvalue weighted by atomic mass is 10.0. The molecule has 1 aliphatic rings. The van der Waals surface area contributed by atoms with Gasteiger partial charge in [-0.15, -0.1) is 11.3 Å². The van der Waals surface area contributed by atoms with Gasteiger partial charge in [-0.2, -0.15) is 18.3 Å². The zero-order valence-electron chi connectivity index (χ0n) is 16.5. The van der Waals surface area contributed by atoms with E-state index in [2.05, 4.69) is 10.4 Å². The molecule has 0 radical (unpaired) electrons. The number of nitrogens with one attached hydrogen (secondary N) is 1. The number of carbonyl (C=O) groups excluding carboxylic acids is 1. The predicted molar refractivity (Wildman–Crippen MR) is 108 cm³/mol. The number of likely N-dealkylation sites (tertiary alicyclic amines) is 1. The highest BCUT2D eigenvalue weighted by Gasteiger charge is 2.35. The van der Waals surface area contributed by atoms with Crippen molar-refractivity contribution in [2.24, 2.45) is 0 Å². The molecule has 6 nitrogen and oxygen atoms in total. The van der Waals surface area contributed by atoms with Crippen molar-refractivity contribution in [1.82, 2.24) is 20.0 Å². The van der Waals surface area contributed by atoms with Crippen LogP contribution < -0.4 is 5.32 Å². The summed E-state index contributed by atoms with van der Waals surface area (Å²) >= 11 is 1.16. The number of hydrogen-bond acceptors (Lipinski definition) is 5.